The fraction of sp³-hybridized carbons (Fsp3) is 0.250. The maximum Gasteiger partial charge on any atom is 0.285 e. The van der Waals surface area contributed by atoms with Crippen LogP contribution in [0.1, 0.15) is 28.3 Å². The Hall–Kier alpha value is -2.72. The van der Waals surface area contributed by atoms with Crippen LogP contribution >= 0.6 is 11.3 Å². The minimum atomic E-state index is -0.407. The summed E-state index contributed by atoms with van der Waals surface area (Å²) in [5.74, 6) is 1.17. The molecule has 0 spiro atoms. The van der Waals surface area contributed by atoms with Crippen LogP contribution in [0.4, 0.5) is 0 Å². The second kappa shape index (κ2) is 5.82. The number of aryl methyl sites for hydroxylation is 2. The molecule has 0 saturated heterocycles. The van der Waals surface area contributed by atoms with Crippen molar-refractivity contribution in [2.45, 2.75) is 27.3 Å². The number of aromatic nitrogens is 3. The highest BCUT2D eigenvalue weighted by Crippen LogP contribution is 2.26. The van der Waals surface area contributed by atoms with Crippen molar-refractivity contribution in [1.82, 2.24) is 14.8 Å². The van der Waals surface area contributed by atoms with Gasteiger partial charge in [0.05, 0.1) is 17.1 Å². The van der Waals surface area contributed by atoms with Crippen LogP contribution in [0.5, 0.6) is 0 Å². The zero-order valence-corrected chi connectivity index (χ0v) is 13.8. The Morgan fingerprint density at radius 3 is 2.83 bits per heavy atom. The third kappa shape index (κ3) is 2.69. The Morgan fingerprint density at radius 2 is 2.17 bits per heavy atom. The molecule has 0 aliphatic rings. The highest BCUT2D eigenvalue weighted by Gasteiger charge is 2.16. The number of nitriles is 1. The summed E-state index contributed by atoms with van der Waals surface area (Å²) in [4.78, 5) is 17.7. The Morgan fingerprint density at radius 1 is 1.39 bits per heavy atom. The highest BCUT2D eigenvalue weighted by molar-refractivity contribution is 7.13. The number of hydrogen-bond donors (Lipinski definition) is 0. The van der Waals surface area contributed by atoms with Gasteiger partial charge in [0.1, 0.15) is 23.1 Å². The lowest BCUT2D eigenvalue weighted by atomic mass is 10.1. The van der Waals surface area contributed by atoms with Crippen molar-refractivity contribution in [3.05, 3.63) is 56.1 Å². The quantitative estimate of drug-likeness (QED) is 0.739. The van der Waals surface area contributed by atoms with E-state index in [1.54, 1.807) is 20.8 Å². The summed E-state index contributed by atoms with van der Waals surface area (Å²) < 4.78 is 6.94. The van der Waals surface area contributed by atoms with Crippen LogP contribution in [0.25, 0.3) is 10.8 Å². The van der Waals surface area contributed by atoms with E-state index < -0.39 is 5.56 Å². The molecule has 0 aromatic carbocycles. The monoisotopic (exact) mass is 326 g/mol. The van der Waals surface area contributed by atoms with Gasteiger partial charge in [-0.2, -0.15) is 10.4 Å². The number of nitrogens with zero attached hydrogens (tertiary/aromatic N) is 4. The molecule has 3 rings (SSSR count). The van der Waals surface area contributed by atoms with E-state index in [-0.39, 0.29) is 12.1 Å². The average molecular weight is 326 g/mol. The lowest BCUT2D eigenvalue weighted by Gasteiger charge is -2.07. The van der Waals surface area contributed by atoms with Gasteiger partial charge in [-0.25, -0.2) is 9.67 Å². The molecule has 0 bridgehead atoms. The lowest BCUT2D eigenvalue weighted by Crippen LogP contribution is -2.28. The van der Waals surface area contributed by atoms with Crippen molar-refractivity contribution < 1.29 is 4.42 Å². The van der Waals surface area contributed by atoms with Crippen LogP contribution in [0.3, 0.4) is 0 Å². The van der Waals surface area contributed by atoms with E-state index in [9.17, 15) is 10.1 Å². The fourth-order valence-corrected chi connectivity index (χ4v) is 2.88. The van der Waals surface area contributed by atoms with Crippen molar-refractivity contribution >= 4 is 11.3 Å². The van der Waals surface area contributed by atoms with Crippen molar-refractivity contribution in [2.75, 3.05) is 0 Å². The van der Waals surface area contributed by atoms with Crippen LogP contribution in [0.2, 0.25) is 0 Å². The Labute approximate surface area is 136 Å². The van der Waals surface area contributed by atoms with Gasteiger partial charge in [0.2, 0.25) is 5.89 Å². The minimum absolute atomic E-state index is 0.122. The summed E-state index contributed by atoms with van der Waals surface area (Å²) in [7, 11) is 0. The Balaban J connectivity index is 2.02. The average Bonchev–Trinajstić information content (AvgIpc) is 3.16. The third-order valence-corrected chi connectivity index (χ3v) is 4.53. The van der Waals surface area contributed by atoms with Gasteiger partial charge >= 0.3 is 0 Å². The van der Waals surface area contributed by atoms with Crippen LogP contribution < -0.4 is 5.56 Å². The SMILES string of the molecule is Cc1nn(Cc2nc(-c3cccs3)oc2C)c(=O)c(C#N)c1C. The van der Waals surface area contributed by atoms with Gasteiger partial charge in [0, 0.05) is 0 Å². The molecular weight excluding hydrogens is 312 g/mol. The van der Waals surface area contributed by atoms with Gasteiger partial charge in [-0.3, -0.25) is 4.79 Å². The molecule has 0 atom stereocenters. The summed E-state index contributed by atoms with van der Waals surface area (Å²) in [6.07, 6.45) is 0. The molecule has 23 heavy (non-hydrogen) atoms. The molecular formula is C16H14N4O2S. The highest BCUT2D eigenvalue weighted by atomic mass is 32.1. The van der Waals surface area contributed by atoms with E-state index in [4.69, 9.17) is 4.42 Å². The van der Waals surface area contributed by atoms with E-state index in [2.05, 4.69) is 10.1 Å². The number of oxazole rings is 1. The van der Waals surface area contributed by atoms with Gasteiger partial charge in [0.15, 0.2) is 0 Å². The molecule has 7 heteroatoms. The van der Waals surface area contributed by atoms with E-state index in [0.717, 1.165) is 4.88 Å². The molecule has 3 aromatic rings. The number of hydrogen-bond acceptors (Lipinski definition) is 6. The first-order valence-corrected chi connectivity index (χ1v) is 7.88. The van der Waals surface area contributed by atoms with E-state index in [0.29, 0.717) is 28.6 Å². The predicted octanol–water partition coefficient (Wildman–Crippen LogP) is 2.81. The van der Waals surface area contributed by atoms with Gasteiger partial charge in [-0.05, 0) is 37.8 Å². The molecule has 0 amide bonds. The van der Waals surface area contributed by atoms with Crippen LogP contribution in [-0.2, 0) is 6.54 Å². The molecule has 0 saturated carbocycles. The first-order chi connectivity index (χ1) is 11.0. The standard InChI is InChI=1S/C16H14N4O2S/c1-9-10(2)19-20(16(21)12(9)7-17)8-13-11(3)22-15(18-13)14-5-4-6-23-14/h4-6H,8H2,1-3H3. The van der Waals surface area contributed by atoms with Crippen LogP contribution in [-0.4, -0.2) is 14.8 Å². The molecule has 3 heterocycles. The van der Waals surface area contributed by atoms with Crippen molar-refractivity contribution in [2.24, 2.45) is 0 Å². The Kier molecular flexibility index (Phi) is 3.84. The van der Waals surface area contributed by atoms with Crippen molar-refractivity contribution in [1.29, 1.82) is 5.26 Å². The number of thiophene rings is 1. The summed E-state index contributed by atoms with van der Waals surface area (Å²) in [6, 6.07) is 5.81. The smallest absolute Gasteiger partial charge is 0.285 e. The van der Waals surface area contributed by atoms with Gasteiger partial charge < -0.3 is 4.42 Å². The molecule has 3 aromatic heterocycles. The first-order valence-electron chi connectivity index (χ1n) is 7.00. The summed E-state index contributed by atoms with van der Waals surface area (Å²) in [5, 5.41) is 15.4. The lowest BCUT2D eigenvalue weighted by molar-refractivity contribution is 0.534. The maximum absolute atomic E-state index is 12.3. The largest absolute Gasteiger partial charge is 0.440 e. The number of rotatable bonds is 3. The fourth-order valence-electron chi connectivity index (χ4n) is 2.23. The first kappa shape index (κ1) is 15.2. The summed E-state index contributed by atoms with van der Waals surface area (Å²) >= 11 is 1.53. The summed E-state index contributed by atoms with van der Waals surface area (Å²) in [6.45, 7) is 5.48. The minimum Gasteiger partial charge on any atom is -0.440 e. The van der Waals surface area contributed by atoms with E-state index in [1.807, 2.05) is 23.6 Å². The van der Waals surface area contributed by atoms with Gasteiger partial charge in [-0.1, -0.05) is 6.07 Å². The molecule has 0 aliphatic heterocycles. The zero-order valence-electron chi connectivity index (χ0n) is 13.0. The molecule has 116 valence electrons. The second-order valence-corrected chi connectivity index (χ2v) is 6.11. The van der Waals surface area contributed by atoms with E-state index >= 15 is 0 Å². The second-order valence-electron chi connectivity index (χ2n) is 5.16. The molecule has 0 unspecified atom stereocenters. The van der Waals surface area contributed by atoms with Crippen molar-refractivity contribution in [3.63, 3.8) is 0 Å². The topological polar surface area (TPSA) is 84.7 Å². The molecule has 0 fully saturated rings. The van der Waals surface area contributed by atoms with E-state index in [1.165, 1.54) is 16.0 Å². The molecule has 0 N–H and O–H groups in total. The zero-order chi connectivity index (χ0) is 16.6. The van der Waals surface area contributed by atoms with Crippen LogP contribution in [0.15, 0.2) is 26.7 Å². The molecule has 6 nitrogen and oxygen atoms in total. The van der Waals surface area contributed by atoms with Crippen molar-refractivity contribution in [3.8, 4) is 16.8 Å². The third-order valence-electron chi connectivity index (χ3n) is 3.67. The summed E-state index contributed by atoms with van der Waals surface area (Å²) in [5.41, 5.74) is 1.62. The molecule has 0 radical (unpaired) electrons. The van der Waals surface area contributed by atoms with Crippen LogP contribution in [0, 0.1) is 32.1 Å². The molecule has 0 aliphatic carbocycles. The van der Waals surface area contributed by atoms with Gasteiger partial charge in [-0.15, -0.1) is 11.3 Å². The van der Waals surface area contributed by atoms with Gasteiger partial charge in [0.25, 0.3) is 5.56 Å². The Bertz CT molecular complexity index is 961. The predicted molar refractivity (Wildman–Crippen MR) is 86.3 cm³/mol. The maximum atomic E-state index is 12.3. The normalized spacial score (nSPS) is 10.7.